The Kier molecular flexibility index (Phi) is 3.07. The molecule has 7 heteroatoms. The highest BCUT2D eigenvalue weighted by Gasteiger charge is 2.47. The van der Waals surface area contributed by atoms with Gasteiger partial charge in [-0.05, 0) is 6.42 Å². The lowest BCUT2D eigenvalue weighted by Gasteiger charge is -2.30. The number of carbonyl (C=O) groups is 2. The monoisotopic (exact) mass is 243 g/mol. The molecule has 0 bridgehead atoms. The van der Waals surface area contributed by atoms with Gasteiger partial charge in [0.1, 0.15) is 11.6 Å². The summed E-state index contributed by atoms with van der Waals surface area (Å²) in [5, 5.41) is 9.52. The molecule has 2 heterocycles. The van der Waals surface area contributed by atoms with Crippen molar-refractivity contribution in [2.75, 3.05) is 19.8 Å². The Labute approximate surface area is 98.7 Å². The van der Waals surface area contributed by atoms with Gasteiger partial charge < -0.3 is 26.2 Å². The minimum absolute atomic E-state index is 0.103. The molecule has 0 saturated carbocycles. The van der Waals surface area contributed by atoms with Crippen molar-refractivity contribution in [3.8, 4) is 0 Å². The lowest BCUT2D eigenvalue weighted by Crippen LogP contribution is -2.58. The van der Waals surface area contributed by atoms with Crippen LogP contribution in [-0.4, -0.2) is 59.3 Å². The lowest BCUT2D eigenvalue weighted by molar-refractivity contribution is -0.142. The lowest BCUT2D eigenvalue weighted by atomic mass is 9.98. The molecule has 96 valence electrons. The molecule has 0 aromatic rings. The molecule has 0 aromatic heterocycles. The molecule has 2 saturated heterocycles. The maximum atomic E-state index is 12.2. The number of rotatable bonds is 2. The third-order valence-corrected chi connectivity index (χ3v) is 3.35. The molecule has 3 unspecified atom stereocenters. The largest absolute Gasteiger partial charge is 0.391 e. The minimum atomic E-state index is -1.09. The van der Waals surface area contributed by atoms with Gasteiger partial charge in [-0.2, -0.15) is 0 Å². The van der Waals surface area contributed by atoms with E-state index >= 15 is 0 Å². The summed E-state index contributed by atoms with van der Waals surface area (Å²) in [7, 11) is 0. The summed E-state index contributed by atoms with van der Waals surface area (Å²) in [6, 6.07) is -0.765. The number of primary amides is 1. The van der Waals surface area contributed by atoms with E-state index in [4.69, 9.17) is 16.2 Å². The van der Waals surface area contributed by atoms with Crippen molar-refractivity contribution >= 4 is 11.8 Å². The van der Waals surface area contributed by atoms with Gasteiger partial charge in [-0.25, -0.2) is 0 Å². The van der Waals surface area contributed by atoms with E-state index in [0.717, 1.165) is 0 Å². The van der Waals surface area contributed by atoms with Gasteiger partial charge >= 0.3 is 0 Å². The molecule has 2 aliphatic rings. The SMILES string of the molecule is NC(=O)C1CC(O)CN1C(=O)C1(N)CCOC1. The molecular formula is C10H17N3O4. The zero-order valence-corrected chi connectivity index (χ0v) is 9.46. The number of aliphatic hydroxyl groups is 1. The Hall–Kier alpha value is -1.18. The van der Waals surface area contributed by atoms with Crippen molar-refractivity contribution in [2.24, 2.45) is 11.5 Å². The van der Waals surface area contributed by atoms with Crippen molar-refractivity contribution < 1.29 is 19.4 Å². The normalized spacial score (nSPS) is 37.4. The molecule has 0 radical (unpaired) electrons. The van der Waals surface area contributed by atoms with Gasteiger partial charge in [0.2, 0.25) is 11.8 Å². The van der Waals surface area contributed by atoms with Gasteiger partial charge in [0.05, 0.1) is 12.7 Å². The Bertz CT molecular complexity index is 340. The highest BCUT2D eigenvalue weighted by molar-refractivity contribution is 5.92. The predicted octanol–water partition coefficient (Wildman–Crippen LogP) is -2.45. The molecule has 0 spiro atoms. The molecule has 3 atom stereocenters. The first kappa shape index (κ1) is 12.3. The van der Waals surface area contributed by atoms with E-state index < -0.39 is 23.6 Å². The van der Waals surface area contributed by atoms with Gasteiger partial charge in [-0.15, -0.1) is 0 Å². The maximum absolute atomic E-state index is 12.2. The number of carbonyl (C=O) groups excluding carboxylic acids is 2. The van der Waals surface area contributed by atoms with Crippen molar-refractivity contribution in [1.82, 2.24) is 4.90 Å². The summed E-state index contributed by atoms with van der Waals surface area (Å²) >= 11 is 0. The fourth-order valence-corrected chi connectivity index (χ4v) is 2.34. The van der Waals surface area contributed by atoms with Crippen molar-refractivity contribution in [3.63, 3.8) is 0 Å². The fourth-order valence-electron chi connectivity index (χ4n) is 2.34. The van der Waals surface area contributed by atoms with Crippen LogP contribution >= 0.6 is 0 Å². The number of aliphatic hydroxyl groups excluding tert-OH is 1. The number of hydrogen-bond acceptors (Lipinski definition) is 5. The molecule has 2 fully saturated rings. The zero-order valence-electron chi connectivity index (χ0n) is 9.46. The molecule has 17 heavy (non-hydrogen) atoms. The summed E-state index contributed by atoms with van der Waals surface area (Å²) in [6.07, 6.45) is -0.121. The molecule has 2 aliphatic heterocycles. The first-order chi connectivity index (χ1) is 7.94. The van der Waals surface area contributed by atoms with E-state index in [2.05, 4.69) is 0 Å². The Morgan fingerprint density at radius 2 is 2.18 bits per heavy atom. The fraction of sp³-hybridized carbons (Fsp3) is 0.800. The molecule has 2 rings (SSSR count). The van der Waals surface area contributed by atoms with E-state index in [1.165, 1.54) is 4.90 Å². The molecule has 7 nitrogen and oxygen atoms in total. The van der Waals surface area contributed by atoms with Crippen LogP contribution in [0.25, 0.3) is 0 Å². The highest BCUT2D eigenvalue weighted by atomic mass is 16.5. The second kappa shape index (κ2) is 4.25. The number of β-amino-alcohol motifs (C(OH)–C–C–N with tert-alkyl or cyclic N) is 1. The highest BCUT2D eigenvalue weighted by Crippen LogP contribution is 2.25. The van der Waals surface area contributed by atoms with Crippen LogP contribution in [-0.2, 0) is 14.3 Å². The minimum Gasteiger partial charge on any atom is -0.391 e. The van der Waals surface area contributed by atoms with Crippen LogP contribution in [0.3, 0.4) is 0 Å². The van der Waals surface area contributed by atoms with Gasteiger partial charge in [0.25, 0.3) is 0 Å². The molecule has 2 amide bonds. The average molecular weight is 243 g/mol. The van der Waals surface area contributed by atoms with Crippen LogP contribution in [0.15, 0.2) is 0 Å². The predicted molar refractivity (Wildman–Crippen MR) is 57.7 cm³/mol. The second-order valence-electron chi connectivity index (χ2n) is 4.72. The van der Waals surface area contributed by atoms with Gasteiger partial charge in [-0.3, -0.25) is 9.59 Å². The summed E-state index contributed by atoms with van der Waals surface area (Å²) < 4.78 is 5.11. The van der Waals surface area contributed by atoms with Gasteiger partial charge in [0.15, 0.2) is 0 Å². The molecule has 0 aromatic carbocycles. The van der Waals surface area contributed by atoms with Crippen LogP contribution < -0.4 is 11.5 Å². The third kappa shape index (κ3) is 2.13. The third-order valence-electron chi connectivity index (χ3n) is 3.35. The van der Waals surface area contributed by atoms with E-state index in [9.17, 15) is 14.7 Å². The second-order valence-corrected chi connectivity index (χ2v) is 4.72. The average Bonchev–Trinajstić information content (AvgIpc) is 2.84. The van der Waals surface area contributed by atoms with Crippen molar-refractivity contribution in [1.29, 1.82) is 0 Å². The quantitative estimate of drug-likeness (QED) is 0.497. The van der Waals surface area contributed by atoms with Gasteiger partial charge in [0, 0.05) is 19.6 Å². The first-order valence-corrected chi connectivity index (χ1v) is 5.59. The van der Waals surface area contributed by atoms with Crippen LogP contribution in [0.5, 0.6) is 0 Å². The van der Waals surface area contributed by atoms with Crippen LogP contribution in [0, 0.1) is 0 Å². The number of hydrogen-bond donors (Lipinski definition) is 3. The summed E-state index contributed by atoms with van der Waals surface area (Å²) in [4.78, 5) is 24.7. The summed E-state index contributed by atoms with van der Waals surface area (Å²) in [5.74, 6) is -0.979. The number of nitrogens with two attached hydrogens (primary N) is 2. The number of amides is 2. The summed E-state index contributed by atoms with van der Waals surface area (Å²) in [5.41, 5.74) is 10.1. The van der Waals surface area contributed by atoms with Crippen LogP contribution in [0.4, 0.5) is 0 Å². The number of likely N-dealkylation sites (tertiary alicyclic amines) is 1. The maximum Gasteiger partial charge on any atom is 0.245 e. The van der Waals surface area contributed by atoms with E-state index in [-0.39, 0.29) is 25.5 Å². The van der Waals surface area contributed by atoms with Crippen LogP contribution in [0.1, 0.15) is 12.8 Å². The Balaban J connectivity index is 2.15. The van der Waals surface area contributed by atoms with E-state index in [1.807, 2.05) is 0 Å². The van der Waals surface area contributed by atoms with Crippen molar-refractivity contribution in [2.45, 2.75) is 30.5 Å². The smallest absolute Gasteiger partial charge is 0.245 e. The Morgan fingerprint density at radius 1 is 1.47 bits per heavy atom. The van der Waals surface area contributed by atoms with Crippen LogP contribution in [0.2, 0.25) is 0 Å². The van der Waals surface area contributed by atoms with Crippen molar-refractivity contribution in [3.05, 3.63) is 0 Å². The molecule has 5 N–H and O–H groups in total. The number of nitrogens with zero attached hydrogens (tertiary/aromatic N) is 1. The first-order valence-electron chi connectivity index (χ1n) is 5.59. The summed E-state index contributed by atoms with van der Waals surface area (Å²) in [6.45, 7) is 0.676. The standard InChI is InChI=1S/C10H17N3O4/c11-8(15)7-3-6(14)4-13(7)9(16)10(12)1-2-17-5-10/h6-7,14H,1-5,12H2,(H2,11,15). The van der Waals surface area contributed by atoms with E-state index in [0.29, 0.717) is 13.0 Å². The zero-order chi connectivity index (χ0) is 12.6. The number of ether oxygens (including phenoxy) is 1. The Morgan fingerprint density at radius 3 is 2.71 bits per heavy atom. The van der Waals surface area contributed by atoms with Gasteiger partial charge in [-0.1, -0.05) is 0 Å². The topological polar surface area (TPSA) is 119 Å². The molecular weight excluding hydrogens is 226 g/mol. The van der Waals surface area contributed by atoms with E-state index in [1.54, 1.807) is 0 Å². The molecule has 0 aliphatic carbocycles.